The Kier molecular flexibility index (Phi) is 7.80. The van der Waals surface area contributed by atoms with Crippen molar-refractivity contribution in [3.63, 3.8) is 0 Å². The molecule has 37 heavy (non-hydrogen) atoms. The van der Waals surface area contributed by atoms with Gasteiger partial charge >= 0.3 is 6.36 Å². The standard InChI is InChI=1S/C24H16F5IN6O/c1-13-11-15(7-10-17(13)25)32-22-33-21(20-18(26)3-2-4-19(20)30)34-23(35-22)36-31-12-14-5-8-16(9-6-14)37-24(27,28)29/h2-12H,1H3,(H2,32,33,34,35,36)/b31-12+. The summed E-state index contributed by atoms with van der Waals surface area (Å²) in [4.78, 5) is 12.8. The van der Waals surface area contributed by atoms with Gasteiger partial charge in [0.15, 0.2) is 5.82 Å². The number of aryl methyl sites for hydroxylation is 1. The molecule has 0 radical (unpaired) electrons. The molecule has 0 saturated heterocycles. The molecule has 1 heterocycles. The van der Waals surface area contributed by atoms with Crippen LogP contribution in [0.1, 0.15) is 11.1 Å². The van der Waals surface area contributed by atoms with Crippen molar-refractivity contribution < 1.29 is 26.7 Å². The lowest BCUT2D eigenvalue weighted by Gasteiger charge is -2.11. The normalized spacial score (nSPS) is 11.5. The van der Waals surface area contributed by atoms with E-state index in [1.54, 1.807) is 25.1 Å². The number of alkyl halides is 3. The molecule has 0 saturated carbocycles. The molecule has 0 aliphatic carbocycles. The number of anilines is 3. The maximum atomic E-state index is 14.6. The van der Waals surface area contributed by atoms with Crippen LogP contribution in [0.2, 0.25) is 0 Å². The van der Waals surface area contributed by atoms with Crippen LogP contribution in [-0.2, 0) is 0 Å². The third kappa shape index (κ3) is 7.09. The first-order valence-electron chi connectivity index (χ1n) is 10.5. The molecule has 0 fully saturated rings. The second-order valence-electron chi connectivity index (χ2n) is 7.48. The second-order valence-corrected chi connectivity index (χ2v) is 8.64. The Bertz CT molecular complexity index is 1430. The molecule has 3 aromatic carbocycles. The number of ether oxygens (including phenoxy) is 1. The molecule has 13 heteroatoms. The minimum absolute atomic E-state index is 0.0187. The summed E-state index contributed by atoms with van der Waals surface area (Å²) in [6.07, 6.45) is -3.47. The van der Waals surface area contributed by atoms with Gasteiger partial charge in [-0.2, -0.15) is 20.1 Å². The highest BCUT2D eigenvalue weighted by Crippen LogP contribution is 2.28. The SMILES string of the molecule is Cc1cc(Nc2nc(N/N=C/c3ccc(OC(F)(F)F)cc3)nc(-c3c(F)cccc3I)n2)ccc1F. The van der Waals surface area contributed by atoms with Crippen molar-refractivity contribution in [1.82, 2.24) is 15.0 Å². The summed E-state index contributed by atoms with van der Waals surface area (Å²) in [5.74, 6) is -1.27. The van der Waals surface area contributed by atoms with Crippen LogP contribution in [0.25, 0.3) is 11.4 Å². The average molecular weight is 626 g/mol. The number of hydrogen-bond acceptors (Lipinski definition) is 7. The Balaban J connectivity index is 1.61. The Morgan fingerprint density at radius 1 is 0.919 bits per heavy atom. The Hall–Kier alpha value is -3.88. The van der Waals surface area contributed by atoms with Gasteiger partial charge in [0.1, 0.15) is 17.4 Å². The van der Waals surface area contributed by atoms with E-state index in [1.165, 1.54) is 36.5 Å². The van der Waals surface area contributed by atoms with Gasteiger partial charge < -0.3 is 10.1 Å². The average Bonchev–Trinajstić information content (AvgIpc) is 2.81. The van der Waals surface area contributed by atoms with Gasteiger partial charge in [-0.3, -0.25) is 0 Å². The lowest BCUT2D eigenvalue weighted by molar-refractivity contribution is -0.274. The molecule has 0 atom stereocenters. The molecule has 0 unspecified atom stereocenters. The van der Waals surface area contributed by atoms with Crippen molar-refractivity contribution in [2.24, 2.45) is 5.10 Å². The van der Waals surface area contributed by atoms with Gasteiger partial charge in [-0.15, -0.1) is 13.2 Å². The van der Waals surface area contributed by atoms with Crippen LogP contribution >= 0.6 is 22.6 Å². The first-order valence-corrected chi connectivity index (χ1v) is 11.5. The minimum atomic E-state index is -4.79. The van der Waals surface area contributed by atoms with Crippen LogP contribution in [0.15, 0.2) is 65.8 Å². The summed E-state index contributed by atoms with van der Waals surface area (Å²) in [6.45, 7) is 1.60. The van der Waals surface area contributed by atoms with E-state index in [-0.39, 0.29) is 34.9 Å². The molecule has 1 aromatic heterocycles. The third-order valence-electron chi connectivity index (χ3n) is 4.73. The predicted molar refractivity (Wildman–Crippen MR) is 137 cm³/mol. The van der Waals surface area contributed by atoms with Gasteiger partial charge in [0.05, 0.1) is 11.8 Å². The van der Waals surface area contributed by atoms with Crippen LogP contribution in [0.5, 0.6) is 5.75 Å². The van der Waals surface area contributed by atoms with Crippen LogP contribution in [0, 0.1) is 22.1 Å². The van der Waals surface area contributed by atoms with Gasteiger partial charge in [0, 0.05) is 9.26 Å². The number of aromatic nitrogens is 3. The highest BCUT2D eigenvalue weighted by Gasteiger charge is 2.30. The summed E-state index contributed by atoms with van der Waals surface area (Å²) < 4.78 is 69.6. The topological polar surface area (TPSA) is 84.3 Å². The monoisotopic (exact) mass is 626 g/mol. The van der Waals surface area contributed by atoms with Crippen molar-refractivity contribution in [3.8, 4) is 17.1 Å². The molecular weight excluding hydrogens is 610 g/mol. The van der Waals surface area contributed by atoms with Crippen LogP contribution < -0.4 is 15.5 Å². The molecule has 2 N–H and O–H groups in total. The molecule has 4 aromatic rings. The number of nitrogens with zero attached hydrogens (tertiary/aromatic N) is 4. The maximum Gasteiger partial charge on any atom is 0.573 e. The lowest BCUT2D eigenvalue weighted by Crippen LogP contribution is -2.17. The largest absolute Gasteiger partial charge is 0.573 e. The van der Waals surface area contributed by atoms with Gasteiger partial charge in [-0.25, -0.2) is 14.2 Å². The number of benzene rings is 3. The molecule has 190 valence electrons. The van der Waals surface area contributed by atoms with Crippen LogP contribution in [-0.4, -0.2) is 27.5 Å². The highest BCUT2D eigenvalue weighted by molar-refractivity contribution is 14.1. The molecule has 4 rings (SSSR count). The second kappa shape index (κ2) is 11.0. The number of halogens is 6. The first-order chi connectivity index (χ1) is 17.6. The highest BCUT2D eigenvalue weighted by atomic mass is 127. The zero-order valence-electron chi connectivity index (χ0n) is 18.8. The van der Waals surface area contributed by atoms with Gasteiger partial charge in [-0.05, 0) is 95.2 Å². The quantitative estimate of drug-likeness (QED) is 0.101. The van der Waals surface area contributed by atoms with Crippen molar-refractivity contribution in [2.75, 3.05) is 10.7 Å². The van der Waals surface area contributed by atoms with Crippen LogP contribution in [0.4, 0.5) is 39.5 Å². The lowest BCUT2D eigenvalue weighted by atomic mass is 10.2. The van der Waals surface area contributed by atoms with E-state index in [0.29, 0.717) is 20.4 Å². The van der Waals surface area contributed by atoms with E-state index in [0.717, 1.165) is 12.1 Å². The fourth-order valence-corrected chi connectivity index (χ4v) is 3.78. The maximum absolute atomic E-state index is 14.6. The first kappa shape index (κ1) is 26.2. The molecule has 0 spiro atoms. The van der Waals surface area contributed by atoms with Crippen molar-refractivity contribution >= 4 is 46.4 Å². The van der Waals surface area contributed by atoms with Gasteiger partial charge in [0.25, 0.3) is 0 Å². The van der Waals surface area contributed by atoms with Gasteiger partial charge in [0.2, 0.25) is 11.9 Å². The van der Waals surface area contributed by atoms with Crippen LogP contribution in [0.3, 0.4) is 0 Å². The number of nitrogens with one attached hydrogen (secondary N) is 2. The zero-order valence-corrected chi connectivity index (χ0v) is 21.0. The summed E-state index contributed by atoms with van der Waals surface area (Å²) >= 11 is 1.96. The summed E-state index contributed by atoms with van der Waals surface area (Å²) in [5.41, 5.74) is 4.12. The number of rotatable bonds is 7. The third-order valence-corrected chi connectivity index (χ3v) is 5.63. The van der Waals surface area contributed by atoms with E-state index >= 15 is 0 Å². The summed E-state index contributed by atoms with van der Waals surface area (Å²) in [7, 11) is 0. The molecule has 0 amide bonds. The fraction of sp³-hybridized carbons (Fsp3) is 0.0833. The van der Waals surface area contributed by atoms with Gasteiger partial charge in [-0.1, -0.05) is 6.07 Å². The fourth-order valence-electron chi connectivity index (χ4n) is 3.08. The van der Waals surface area contributed by atoms with E-state index in [2.05, 4.69) is 35.5 Å². The van der Waals surface area contributed by atoms with E-state index < -0.39 is 12.2 Å². The van der Waals surface area contributed by atoms with E-state index in [1.807, 2.05) is 22.6 Å². The Morgan fingerprint density at radius 2 is 1.65 bits per heavy atom. The number of hydrogen-bond donors (Lipinski definition) is 2. The van der Waals surface area contributed by atoms with Crippen molar-refractivity contribution in [1.29, 1.82) is 0 Å². The molecule has 7 nitrogen and oxygen atoms in total. The smallest absolute Gasteiger partial charge is 0.406 e. The summed E-state index contributed by atoms with van der Waals surface area (Å²) in [5, 5.41) is 6.95. The zero-order chi connectivity index (χ0) is 26.6. The minimum Gasteiger partial charge on any atom is -0.406 e. The predicted octanol–water partition coefficient (Wildman–Crippen LogP) is 6.82. The molecule has 0 aliphatic heterocycles. The van der Waals surface area contributed by atoms with Crippen molar-refractivity contribution in [3.05, 3.63) is 87.0 Å². The molecule has 0 aliphatic rings. The van der Waals surface area contributed by atoms with E-state index in [4.69, 9.17) is 0 Å². The van der Waals surface area contributed by atoms with E-state index in [9.17, 15) is 22.0 Å². The Labute approximate surface area is 221 Å². The van der Waals surface area contributed by atoms with Crippen molar-refractivity contribution in [2.45, 2.75) is 13.3 Å². The number of hydrazone groups is 1. The molecule has 0 bridgehead atoms. The Morgan fingerprint density at radius 3 is 2.32 bits per heavy atom. The summed E-state index contributed by atoms with van der Waals surface area (Å²) in [6, 6.07) is 13.9. The molecular formula is C24H16F5IN6O.